The summed E-state index contributed by atoms with van der Waals surface area (Å²) in [5.41, 5.74) is 6.37. The van der Waals surface area contributed by atoms with Crippen LogP contribution in [0.25, 0.3) is 11.2 Å². The summed E-state index contributed by atoms with van der Waals surface area (Å²) in [6.45, 7) is 2.81. The van der Waals surface area contributed by atoms with Crippen LogP contribution < -0.4 is 11.0 Å². The van der Waals surface area contributed by atoms with E-state index in [4.69, 9.17) is 0 Å². The summed E-state index contributed by atoms with van der Waals surface area (Å²) in [6.07, 6.45) is 3.84. The van der Waals surface area contributed by atoms with E-state index in [1.165, 1.54) is 17.5 Å². The number of nitrogens with one attached hydrogen (secondary N) is 2. The first-order chi connectivity index (χ1) is 9.74. The highest BCUT2D eigenvalue weighted by Gasteiger charge is 2.06. The van der Waals surface area contributed by atoms with Crippen molar-refractivity contribution in [3.63, 3.8) is 0 Å². The van der Waals surface area contributed by atoms with E-state index < -0.39 is 0 Å². The van der Waals surface area contributed by atoms with Gasteiger partial charge < -0.3 is 10.4 Å². The van der Waals surface area contributed by atoms with Crippen LogP contribution in [-0.2, 0) is 6.42 Å². The smallest absolute Gasteiger partial charge is 0.278 e. The third-order valence-electron chi connectivity index (χ3n) is 3.16. The zero-order valence-corrected chi connectivity index (χ0v) is 11.1. The summed E-state index contributed by atoms with van der Waals surface area (Å²) in [7, 11) is 0. The molecule has 0 saturated carbocycles. The molecule has 0 atom stereocenters. The van der Waals surface area contributed by atoms with Crippen molar-refractivity contribution < 1.29 is 0 Å². The van der Waals surface area contributed by atoms with Crippen LogP contribution in [0.15, 0.2) is 41.7 Å². The number of rotatable bonds is 4. The standard InChI is InChI=1S/C14H15N5O/c1-10-2-4-11(5-3-10)6-7-18-19-9-17-12-13(19)15-8-16-14(12)20/h2-5,8-9,18H,6-7H2,1H3,(H,15,16,20). The lowest BCUT2D eigenvalue weighted by Crippen LogP contribution is -2.18. The van der Waals surface area contributed by atoms with Crippen molar-refractivity contribution in [1.82, 2.24) is 19.6 Å². The lowest BCUT2D eigenvalue weighted by Gasteiger charge is -2.07. The van der Waals surface area contributed by atoms with Gasteiger partial charge in [-0.05, 0) is 18.9 Å². The van der Waals surface area contributed by atoms with Gasteiger partial charge in [-0.25, -0.2) is 14.6 Å². The molecule has 6 nitrogen and oxygen atoms in total. The van der Waals surface area contributed by atoms with Crippen molar-refractivity contribution in [2.24, 2.45) is 0 Å². The van der Waals surface area contributed by atoms with Crippen molar-refractivity contribution in [3.05, 3.63) is 58.4 Å². The Labute approximate surface area is 115 Å². The summed E-state index contributed by atoms with van der Waals surface area (Å²) in [4.78, 5) is 22.2. The first-order valence-corrected chi connectivity index (χ1v) is 6.44. The van der Waals surface area contributed by atoms with Gasteiger partial charge in [-0.15, -0.1) is 0 Å². The molecule has 0 radical (unpaired) electrons. The van der Waals surface area contributed by atoms with E-state index in [0.29, 0.717) is 11.2 Å². The fourth-order valence-electron chi connectivity index (χ4n) is 2.04. The SMILES string of the molecule is Cc1ccc(CCNn2cnc3c(=O)[nH]cnc32)cc1. The van der Waals surface area contributed by atoms with Crippen molar-refractivity contribution in [2.45, 2.75) is 13.3 Å². The van der Waals surface area contributed by atoms with Gasteiger partial charge in [0.05, 0.1) is 6.33 Å². The van der Waals surface area contributed by atoms with Crippen LogP contribution in [-0.4, -0.2) is 26.2 Å². The maximum Gasteiger partial charge on any atom is 0.278 e. The number of hydrogen-bond donors (Lipinski definition) is 2. The second-order valence-corrected chi connectivity index (χ2v) is 4.66. The van der Waals surface area contributed by atoms with Gasteiger partial charge in [0.1, 0.15) is 6.33 Å². The predicted molar refractivity (Wildman–Crippen MR) is 77.3 cm³/mol. The molecule has 6 heteroatoms. The predicted octanol–water partition coefficient (Wildman–Crippen LogP) is 1.21. The minimum Gasteiger partial charge on any atom is -0.323 e. The third kappa shape index (κ3) is 2.40. The third-order valence-corrected chi connectivity index (χ3v) is 3.16. The zero-order valence-electron chi connectivity index (χ0n) is 11.1. The number of aryl methyl sites for hydroxylation is 1. The minimum absolute atomic E-state index is 0.228. The first-order valence-electron chi connectivity index (χ1n) is 6.44. The van der Waals surface area contributed by atoms with Crippen molar-refractivity contribution >= 4 is 11.2 Å². The first kappa shape index (κ1) is 12.4. The number of fused-ring (bicyclic) bond motifs is 1. The second kappa shape index (κ2) is 5.16. The molecule has 3 rings (SSSR count). The molecule has 2 heterocycles. The fourth-order valence-corrected chi connectivity index (χ4v) is 2.04. The van der Waals surface area contributed by atoms with Crippen LogP contribution in [0, 0.1) is 6.92 Å². The molecule has 2 aromatic heterocycles. The highest BCUT2D eigenvalue weighted by atomic mass is 16.1. The van der Waals surface area contributed by atoms with Gasteiger partial charge in [0, 0.05) is 6.54 Å². The monoisotopic (exact) mass is 269 g/mol. The Kier molecular flexibility index (Phi) is 3.20. The quantitative estimate of drug-likeness (QED) is 0.746. The lowest BCUT2D eigenvalue weighted by molar-refractivity contribution is 0.831. The Bertz CT molecular complexity index is 772. The highest BCUT2D eigenvalue weighted by molar-refractivity contribution is 5.68. The molecule has 20 heavy (non-hydrogen) atoms. The Morgan fingerprint density at radius 2 is 2.05 bits per heavy atom. The number of aromatic nitrogens is 4. The molecule has 0 unspecified atom stereocenters. The Morgan fingerprint density at radius 1 is 1.25 bits per heavy atom. The number of H-pyrrole nitrogens is 1. The molecular formula is C14H15N5O. The zero-order chi connectivity index (χ0) is 13.9. The van der Waals surface area contributed by atoms with E-state index >= 15 is 0 Å². The molecule has 0 aliphatic carbocycles. The normalized spacial score (nSPS) is 10.8. The summed E-state index contributed by atoms with van der Waals surface area (Å²) >= 11 is 0. The number of hydrogen-bond acceptors (Lipinski definition) is 4. The summed E-state index contributed by atoms with van der Waals surface area (Å²) in [6, 6.07) is 8.43. The largest absolute Gasteiger partial charge is 0.323 e. The molecule has 1 aromatic carbocycles. The Hall–Kier alpha value is -2.63. The van der Waals surface area contributed by atoms with Gasteiger partial charge >= 0.3 is 0 Å². The fraction of sp³-hybridized carbons (Fsp3) is 0.214. The van der Waals surface area contributed by atoms with E-state index in [1.807, 2.05) is 0 Å². The van der Waals surface area contributed by atoms with Crippen molar-refractivity contribution in [2.75, 3.05) is 12.0 Å². The van der Waals surface area contributed by atoms with Crippen LogP contribution in [0.5, 0.6) is 0 Å². The molecule has 0 saturated heterocycles. The molecule has 0 bridgehead atoms. The highest BCUT2D eigenvalue weighted by Crippen LogP contribution is 2.04. The molecule has 0 amide bonds. The molecule has 0 aliphatic rings. The maximum atomic E-state index is 11.5. The maximum absolute atomic E-state index is 11.5. The van der Waals surface area contributed by atoms with Gasteiger partial charge in [0.2, 0.25) is 0 Å². The van der Waals surface area contributed by atoms with Crippen molar-refractivity contribution in [1.29, 1.82) is 0 Å². The molecular weight excluding hydrogens is 254 g/mol. The lowest BCUT2D eigenvalue weighted by atomic mass is 10.1. The van der Waals surface area contributed by atoms with Gasteiger partial charge in [-0.3, -0.25) is 4.79 Å². The number of benzene rings is 1. The molecule has 3 aromatic rings. The Balaban J connectivity index is 1.70. The minimum atomic E-state index is -0.228. The van der Waals surface area contributed by atoms with Gasteiger partial charge in [0.25, 0.3) is 5.56 Å². The summed E-state index contributed by atoms with van der Waals surface area (Å²) in [5, 5.41) is 0. The van der Waals surface area contributed by atoms with Crippen molar-refractivity contribution in [3.8, 4) is 0 Å². The van der Waals surface area contributed by atoms with E-state index in [9.17, 15) is 4.79 Å². The molecule has 102 valence electrons. The van der Waals surface area contributed by atoms with Crippen LogP contribution in [0.4, 0.5) is 0 Å². The molecule has 0 aliphatic heterocycles. The summed E-state index contributed by atoms with van der Waals surface area (Å²) in [5.74, 6) is 0. The average molecular weight is 269 g/mol. The number of nitrogens with zero attached hydrogens (tertiary/aromatic N) is 3. The van der Waals surface area contributed by atoms with Crippen LogP contribution >= 0.6 is 0 Å². The van der Waals surface area contributed by atoms with E-state index in [0.717, 1.165) is 13.0 Å². The van der Waals surface area contributed by atoms with E-state index in [1.54, 1.807) is 11.0 Å². The Morgan fingerprint density at radius 3 is 2.85 bits per heavy atom. The topological polar surface area (TPSA) is 75.6 Å². The average Bonchev–Trinajstić information content (AvgIpc) is 2.86. The van der Waals surface area contributed by atoms with Gasteiger partial charge in [-0.2, -0.15) is 0 Å². The van der Waals surface area contributed by atoms with E-state index in [-0.39, 0.29) is 5.56 Å². The summed E-state index contributed by atoms with van der Waals surface area (Å²) < 4.78 is 1.68. The van der Waals surface area contributed by atoms with Gasteiger partial charge in [-0.1, -0.05) is 29.8 Å². The number of aromatic amines is 1. The molecule has 0 spiro atoms. The molecule has 2 N–H and O–H groups in total. The molecule has 0 fully saturated rings. The van der Waals surface area contributed by atoms with Crippen LogP contribution in [0.3, 0.4) is 0 Å². The van der Waals surface area contributed by atoms with Crippen LogP contribution in [0.1, 0.15) is 11.1 Å². The van der Waals surface area contributed by atoms with E-state index in [2.05, 4.69) is 51.6 Å². The van der Waals surface area contributed by atoms with Crippen LogP contribution in [0.2, 0.25) is 0 Å². The second-order valence-electron chi connectivity index (χ2n) is 4.66. The number of imidazole rings is 1. The van der Waals surface area contributed by atoms with Gasteiger partial charge in [0.15, 0.2) is 11.2 Å².